The predicted octanol–water partition coefficient (Wildman–Crippen LogP) is 2.77. The summed E-state index contributed by atoms with van der Waals surface area (Å²) in [5, 5.41) is 11.8. The van der Waals surface area contributed by atoms with Gasteiger partial charge in [0.1, 0.15) is 0 Å². The third-order valence-electron chi connectivity index (χ3n) is 4.47. The van der Waals surface area contributed by atoms with Crippen LogP contribution >= 0.6 is 0 Å². The Balaban J connectivity index is 1.58. The minimum atomic E-state index is 0.112. The fourth-order valence-corrected chi connectivity index (χ4v) is 3.13. The standard InChI is InChI=1S/C17H24N4O/c1-2-21-16-11-15(5-4-14(16)12-19-21)20-17(22)6-3-13-7-9-18-10-8-13/h4-5,11-13,18H,2-3,6-10H2,1H3,(H,20,22). The molecule has 1 aromatic heterocycles. The number of aromatic nitrogens is 2. The SMILES string of the molecule is CCn1ncc2ccc(NC(=O)CCC3CCNCC3)cc21. The second-order valence-corrected chi connectivity index (χ2v) is 6.01. The molecule has 0 saturated carbocycles. The van der Waals surface area contributed by atoms with Crippen LogP contribution in [0.15, 0.2) is 24.4 Å². The highest BCUT2D eigenvalue weighted by Gasteiger charge is 2.14. The van der Waals surface area contributed by atoms with Crippen molar-refractivity contribution >= 4 is 22.5 Å². The number of carbonyl (C=O) groups excluding carboxylic acids is 1. The van der Waals surface area contributed by atoms with Crippen molar-refractivity contribution in [1.29, 1.82) is 0 Å². The Hall–Kier alpha value is -1.88. The first-order valence-corrected chi connectivity index (χ1v) is 8.22. The largest absolute Gasteiger partial charge is 0.326 e. The fraction of sp³-hybridized carbons (Fsp3) is 0.529. The summed E-state index contributed by atoms with van der Waals surface area (Å²) in [6.07, 6.45) is 5.84. The van der Waals surface area contributed by atoms with Gasteiger partial charge in [-0.1, -0.05) is 0 Å². The quantitative estimate of drug-likeness (QED) is 0.892. The van der Waals surface area contributed by atoms with Crippen molar-refractivity contribution in [2.75, 3.05) is 18.4 Å². The molecule has 1 aliphatic rings. The van der Waals surface area contributed by atoms with E-state index in [0.717, 1.165) is 42.6 Å². The second kappa shape index (κ2) is 6.92. The van der Waals surface area contributed by atoms with Crippen LogP contribution < -0.4 is 10.6 Å². The van der Waals surface area contributed by atoms with E-state index in [0.29, 0.717) is 12.3 Å². The van der Waals surface area contributed by atoms with Crippen molar-refractivity contribution in [2.45, 2.75) is 39.2 Å². The molecule has 118 valence electrons. The highest BCUT2D eigenvalue weighted by Crippen LogP contribution is 2.21. The Morgan fingerprint density at radius 3 is 3.00 bits per heavy atom. The zero-order valence-corrected chi connectivity index (χ0v) is 13.1. The zero-order chi connectivity index (χ0) is 15.4. The molecule has 2 N–H and O–H groups in total. The highest BCUT2D eigenvalue weighted by molar-refractivity contribution is 5.93. The van der Waals surface area contributed by atoms with Gasteiger partial charge in [0.05, 0.1) is 11.7 Å². The number of aryl methyl sites for hydroxylation is 1. The van der Waals surface area contributed by atoms with Gasteiger partial charge in [-0.2, -0.15) is 5.10 Å². The highest BCUT2D eigenvalue weighted by atomic mass is 16.1. The van der Waals surface area contributed by atoms with E-state index in [4.69, 9.17) is 0 Å². The molecule has 0 atom stereocenters. The lowest BCUT2D eigenvalue weighted by Gasteiger charge is -2.22. The third-order valence-corrected chi connectivity index (χ3v) is 4.47. The Labute approximate surface area is 131 Å². The summed E-state index contributed by atoms with van der Waals surface area (Å²) in [6.45, 7) is 5.07. The number of hydrogen-bond donors (Lipinski definition) is 2. The summed E-state index contributed by atoms with van der Waals surface area (Å²) < 4.78 is 1.94. The predicted molar refractivity (Wildman–Crippen MR) is 88.9 cm³/mol. The number of benzene rings is 1. The maximum Gasteiger partial charge on any atom is 0.224 e. The maximum absolute atomic E-state index is 12.1. The number of rotatable bonds is 5. The molecule has 1 aliphatic heterocycles. The molecule has 1 aromatic carbocycles. The number of piperidine rings is 1. The van der Waals surface area contributed by atoms with Gasteiger partial charge in [-0.3, -0.25) is 9.48 Å². The number of amides is 1. The van der Waals surface area contributed by atoms with Crippen molar-refractivity contribution in [2.24, 2.45) is 5.92 Å². The Bertz CT molecular complexity index is 643. The molecule has 5 nitrogen and oxygen atoms in total. The molecule has 1 saturated heterocycles. The first-order chi connectivity index (χ1) is 10.8. The van der Waals surface area contributed by atoms with Crippen LogP contribution in [-0.4, -0.2) is 28.8 Å². The number of nitrogens with one attached hydrogen (secondary N) is 2. The van der Waals surface area contributed by atoms with Crippen LogP contribution in [0.3, 0.4) is 0 Å². The van der Waals surface area contributed by atoms with Crippen LogP contribution in [0.4, 0.5) is 5.69 Å². The molecule has 0 bridgehead atoms. The number of carbonyl (C=O) groups is 1. The van der Waals surface area contributed by atoms with Crippen molar-refractivity contribution in [3.8, 4) is 0 Å². The number of fused-ring (bicyclic) bond motifs is 1. The van der Waals surface area contributed by atoms with Crippen molar-refractivity contribution in [3.63, 3.8) is 0 Å². The monoisotopic (exact) mass is 300 g/mol. The smallest absolute Gasteiger partial charge is 0.224 e. The Morgan fingerprint density at radius 2 is 2.23 bits per heavy atom. The van der Waals surface area contributed by atoms with Gasteiger partial charge >= 0.3 is 0 Å². The minimum absolute atomic E-state index is 0.112. The lowest BCUT2D eigenvalue weighted by molar-refractivity contribution is -0.116. The molecular formula is C17H24N4O. The summed E-state index contributed by atoms with van der Waals surface area (Å²) in [5.41, 5.74) is 1.93. The maximum atomic E-state index is 12.1. The molecule has 0 spiro atoms. The fourth-order valence-electron chi connectivity index (χ4n) is 3.13. The van der Waals surface area contributed by atoms with E-state index in [-0.39, 0.29) is 5.91 Å². The van der Waals surface area contributed by atoms with Gasteiger partial charge in [-0.05, 0) is 63.4 Å². The molecule has 22 heavy (non-hydrogen) atoms. The van der Waals surface area contributed by atoms with Gasteiger partial charge in [-0.25, -0.2) is 0 Å². The average molecular weight is 300 g/mol. The van der Waals surface area contributed by atoms with E-state index in [1.807, 2.05) is 29.1 Å². The number of nitrogens with zero attached hydrogens (tertiary/aromatic N) is 2. The number of anilines is 1. The van der Waals surface area contributed by atoms with E-state index >= 15 is 0 Å². The van der Waals surface area contributed by atoms with Crippen molar-refractivity contribution < 1.29 is 4.79 Å². The van der Waals surface area contributed by atoms with Crippen LogP contribution in [-0.2, 0) is 11.3 Å². The lowest BCUT2D eigenvalue weighted by atomic mass is 9.93. The molecule has 1 fully saturated rings. The van der Waals surface area contributed by atoms with Crippen LogP contribution in [0.25, 0.3) is 10.9 Å². The summed E-state index contributed by atoms with van der Waals surface area (Å²) >= 11 is 0. The molecule has 0 unspecified atom stereocenters. The van der Waals surface area contributed by atoms with Crippen LogP contribution in [0.2, 0.25) is 0 Å². The molecule has 5 heteroatoms. The van der Waals surface area contributed by atoms with E-state index in [1.165, 1.54) is 12.8 Å². The molecule has 0 radical (unpaired) electrons. The lowest BCUT2D eigenvalue weighted by Crippen LogP contribution is -2.28. The summed E-state index contributed by atoms with van der Waals surface area (Å²) in [5.74, 6) is 0.802. The van der Waals surface area contributed by atoms with E-state index in [9.17, 15) is 4.79 Å². The molecular weight excluding hydrogens is 276 g/mol. The van der Waals surface area contributed by atoms with Crippen LogP contribution in [0.5, 0.6) is 0 Å². The van der Waals surface area contributed by atoms with Gasteiger partial charge in [-0.15, -0.1) is 0 Å². The van der Waals surface area contributed by atoms with Gasteiger partial charge in [0, 0.05) is 24.0 Å². The van der Waals surface area contributed by atoms with Crippen LogP contribution in [0, 0.1) is 5.92 Å². The van der Waals surface area contributed by atoms with Crippen LogP contribution in [0.1, 0.15) is 32.6 Å². The Morgan fingerprint density at radius 1 is 1.41 bits per heavy atom. The zero-order valence-electron chi connectivity index (χ0n) is 13.1. The second-order valence-electron chi connectivity index (χ2n) is 6.01. The van der Waals surface area contributed by atoms with Gasteiger partial charge < -0.3 is 10.6 Å². The van der Waals surface area contributed by atoms with Gasteiger partial charge in [0.15, 0.2) is 0 Å². The first kappa shape index (κ1) is 15.0. The normalized spacial score (nSPS) is 16.0. The Kier molecular flexibility index (Phi) is 4.73. The minimum Gasteiger partial charge on any atom is -0.326 e. The molecule has 2 heterocycles. The molecule has 1 amide bonds. The topological polar surface area (TPSA) is 59.0 Å². The van der Waals surface area contributed by atoms with Crippen molar-refractivity contribution in [3.05, 3.63) is 24.4 Å². The van der Waals surface area contributed by atoms with Gasteiger partial charge in [0.25, 0.3) is 0 Å². The summed E-state index contributed by atoms with van der Waals surface area (Å²) in [7, 11) is 0. The van der Waals surface area contributed by atoms with E-state index < -0.39 is 0 Å². The average Bonchev–Trinajstić information content (AvgIpc) is 2.96. The van der Waals surface area contributed by atoms with Gasteiger partial charge in [0.2, 0.25) is 5.91 Å². The molecule has 2 aromatic rings. The molecule has 3 rings (SSSR count). The first-order valence-electron chi connectivity index (χ1n) is 8.22. The third kappa shape index (κ3) is 3.47. The van der Waals surface area contributed by atoms with E-state index in [1.54, 1.807) is 0 Å². The van der Waals surface area contributed by atoms with E-state index in [2.05, 4.69) is 22.7 Å². The summed E-state index contributed by atoms with van der Waals surface area (Å²) in [4.78, 5) is 12.1. The van der Waals surface area contributed by atoms with Crippen molar-refractivity contribution in [1.82, 2.24) is 15.1 Å². The summed E-state index contributed by atoms with van der Waals surface area (Å²) in [6, 6.07) is 5.97. The number of hydrogen-bond acceptors (Lipinski definition) is 3. The molecule has 0 aliphatic carbocycles.